The van der Waals surface area contributed by atoms with E-state index in [0.29, 0.717) is 0 Å². The Morgan fingerprint density at radius 1 is 1.25 bits per heavy atom. The number of carbonyl (C=O) groups is 3. The van der Waals surface area contributed by atoms with Crippen LogP contribution in [0.1, 0.15) is 27.2 Å². The zero-order chi connectivity index (χ0) is 16.1. The van der Waals surface area contributed by atoms with Gasteiger partial charge in [0.15, 0.2) is 9.84 Å². The van der Waals surface area contributed by atoms with Crippen molar-refractivity contribution in [3.8, 4) is 0 Å². The molecule has 0 fully saturated rings. The summed E-state index contributed by atoms with van der Waals surface area (Å²) in [5.74, 6) is -4.07. The average Bonchev–Trinajstić information content (AvgIpc) is 2.09. The summed E-state index contributed by atoms with van der Waals surface area (Å²) in [6, 6.07) is -1.53. The zero-order valence-electron chi connectivity index (χ0n) is 11.8. The summed E-state index contributed by atoms with van der Waals surface area (Å²) in [6.07, 6.45) is 0.262. The van der Waals surface area contributed by atoms with Crippen LogP contribution in [0.3, 0.4) is 0 Å². The number of nitrogens with one attached hydrogen (secondary N) is 1. The number of hydrogen-bond donors (Lipinski definition) is 2. The lowest BCUT2D eigenvalue weighted by molar-refractivity contribution is -0.158. The normalized spacial score (nSPS) is 13.4. The van der Waals surface area contributed by atoms with Gasteiger partial charge in [-0.15, -0.1) is 0 Å². The molecule has 20 heavy (non-hydrogen) atoms. The summed E-state index contributed by atoms with van der Waals surface area (Å²) in [6.45, 7) is 4.84. The minimum atomic E-state index is -3.57. The molecule has 9 heteroatoms. The van der Waals surface area contributed by atoms with Crippen LogP contribution in [0.2, 0.25) is 0 Å². The van der Waals surface area contributed by atoms with Crippen molar-refractivity contribution in [2.24, 2.45) is 0 Å². The van der Waals surface area contributed by atoms with Crippen LogP contribution in [0.15, 0.2) is 0 Å². The van der Waals surface area contributed by atoms with E-state index in [9.17, 15) is 22.8 Å². The van der Waals surface area contributed by atoms with Gasteiger partial charge in [0.1, 0.15) is 17.4 Å². The van der Waals surface area contributed by atoms with E-state index < -0.39 is 51.5 Å². The maximum atomic E-state index is 11.5. The Hall–Kier alpha value is -1.64. The Morgan fingerprint density at radius 3 is 2.10 bits per heavy atom. The molecular formula is C11H19NO7S. The predicted octanol–water partition coefficient (Wildman–Crippen LogP) is -0.668. The van der Waals surface area contributed by atoms with E-state index >= 15 is 0 Å². The van der Waals surface area contributed by atoms with E-state index in [1.165, 1.54) is 0 Å². The molecule has 0 aliphatic rings. The molecule has 0 aliphatic carbocycles. The minimum Gasteiger partial charge on any atom is -0.480 e. The molecule has 1 amide bonds. The standard InChI is InChI=1S/C11H19NO7S/c1-11(2,3)19-9(14)5-7(10(15)16)12-8(13)6-20(4,17)18/h7H,5-6H2,1-4H3,(H,12,13)(H,15,16)/t7-/m0/s1. The number of rotatable bonds is 6. The molecule has 0 aromatic heterocycles. The molecule has 0 spiro atoms. The average molecular weight is 309 g/mol. The summed E-state index contributed by atoms with van der Waals surface area (Å²) in [4.78, 5) is 33.7. The van der Waals surface area contributed by atoms with Crippen molar-refractivity contribution in [2.75, 3.05) is 12.0 Å². The lowest BCUT2D eigenvalue weighted by Crippen LogP contribution is -2.45. The van der Waals surface area contributed by atoms with Crippen molar-refractivity contribution in [1.82, 2.24) is 5.32 Å². The summed E-state index contributed by atoms with van der Waals surface area (Å²) >= 11 is 0. The van der Waals surface area contributed by atoms with Crippen molar-refractivity contribution >= 4 is 27.7 Å². The smallest absolute Gasteiger partial charge is 0.326 e. The fourth-order valence-corrected chi connectivity index (χ4v) is 1.78. The van der Waals surface area contributed by atoms with Crippen LogP contribution in [0.25, 0.3) is 0 Å². The second-order valence-corrected chi connectivity index (χ2v) is 7.46. The van der Waals surface area contributed by atoms with E-state index in [1.807, 2.05) is 5.32 Å². The molecular weight excluding hydrogens is 290 g/mol. The van der Waals surface area contributed by atoms with Gasteiger partial charge in [0.25, 0.3) is 0 Å². The number of aliphatic carboxylic acids is 1. The molecule has 8 nitrogen and oxygen atoms in total. The minimum absolute atomic E-state index is 0.581. The maximum Gasteiger partial charge on any atom is 0.326 e. The van der Waals surface area contributed by atoms with E-state index in [1.54, 1.807) is 20.8 Å². The first-order valence-corrected chi connectivity index (χ1v) is 7.78. The highest BCUT2D eigenvalue weighted by Gasteiger charge is 2.27. The number of esters is 1. The Morgan fingerprint density at radius 2 is 1.75 bits per heavy atom. The number of hydrogen-bond acceptors (Lipinski definition) is 6. The molecule has 0 rings (SSSR count). The van der Waals surface area contributed by atoms with Gasteiger partial charge in [0.2, 0.25) is 5.91 Å². The Balaban J connectivity index is 4.64. The van der Waals surface area contributed by atoms with Crippen LogP contribution in [0.4, 0.5) is 0 Å². The first kappa shape index (κ1) is 18.4. The zero-order valence-corrected chi connectivity index (χ0v) is 12.6. The molecule has 0 heterocycles. The van der Waals surface area contributed by atoms with Crippen LogP contribution in [0, 0.1) is 0 Å². The topological polar surface area (TPSA) is 127 Å². The highest BCUT2D eigenvalue weighted by atomic mass is 32.2. The van der Waals surface area contributed by atoms with Crippen LogP contribution in [-0.2, 0) is 29.0 Å². The number of carbonyl (C=O) groups excluding carboxylic acids is 2. The van der Waals surface area contributed by atoms with Gasteiger partial charge in [-0.05, 0) is 20.8 Å². The molecule has 1 atom stereocenters. The molecule has 0 saturated carbocycles. The van der Waals surface area contributed by atoms with Gasteiger partial charge in [0, 0.05) is 6.26 Å². The van der Waals surface area contributed by atoms with Crippen LogP contribution in [-0.4, -0.2) is 55.0 Å². The van der Waals surface area contributed by atoms with E-state index in [2.05, 4.69) is 0 Å². The van der Waals surface area contributed by atoms with Crippen molar-refractivity contribution in [3.05, 3.63) is 0 Å². The van der Waals surface area contributed by atoms with Gasteiger partial charge < -0.3 is 15.2 Å². The van der Waals surface area contributed by atoms with E-state index in [-0.39, 0.29) is 0 Å². The molecule has 116 valence electrons. The van der Waals surface area contributed by atoms with E-state index in [4.69, 9.17) is 9.84 Å². The van der Waals surface area contributed by atoms with Gasteiger partial charge in [-0.3, -0.25) is 9.59 Å². The number of amides is 1. The number of carboxylic acids is 1. The Labute approximate surface area is 117 Å². The fraction of sp³-hybridized carbons (Fsp3) is 0.727. The molecule has 0 aromatic rings. The largest absolute Gasteiger partial charge is 0.480 e. The van der Waals surface area contributed by atoms with Gasteiger partial charge in [-0.25, -0.2) is 13.2 Å². The van der Waals surface area contributed by atoms with Crippen molar-refractivity contribution in [2.45, 2.75) is 38.8 Å². The van der Waals surface area contributed by atoms with Crippen molar-refractivity contribution in [3.63, 3.8) is 0 Å². The number of sulfone groups is 1. The molecule has 0 aliphatic heterocycles. The molecule has 0 saturated heterocycles. The molecule has 0 unspecified atom stereocenters. The van der Waals surface area contributed by atoms with Crippen LogP contribution < -0.4 is 5.32 Å². The van der Waals surface area contributed by atoms with E-state index in [0.717, 1.165) is 6.26 Å². The predicted molar refractivity (Wildman–Crippen MR) is 69.7 cm³/mol. The fourth-order valence-electron chi connectivity index (χ4n) is 1.22. The van der Waals surface area contributed by atoms with Gasteiger partial charge in [0.05, 0.1) is 6.42 Å². The number of carboxylic acid groups (broad SMARTS) is 1. The molecule has 2 N–H and O–H groups in total. The SMILES string of the molecule is CC(C)(C)OC(=O)C[C@H](NC(=O)CS(C)(=O)=O)C(=O)O. The molecule has 0 radical (unpaired) electrons. The number of ether oxygens (including phenoxy) is 1. The molecule has 0 aromatic carbocycles. The first-order chi connectivity index (χ1) is 8.80. The lowest BCUT2D eigenvalue weighted by atomic mass is 10.1. The summed E-state index contributed by atoms with van der Waals surface area (Å²) in [7, 11) is -3.57. The Bertz CT molecular complexity index is 489. The second-order valence-electron chi connectivity index (χ2n) is 5.32. The highest BCUT2D eigenvalue weighted by Crippen LogP contribution is 2.09. The lowest BCUT2D eigenvalue weighted by Gasteiger charge is -2.21. The first-order valence-electron chi connectivity index (χ1n) is 5.72. The van der Waals surface area contributed by atoms with Crippen molar-refractivity contribution < 1.29 is 32.6 Å². The second kappa shape index (κ2) is 6.69. The van der Waals surface area contributed by atoms with Crippen LogP contribution >= 0.6 is 0 Å². The van der Waals surface area contributed by atoms with Crippen molar-refractivity contribution in [1.29, 1.82) is 0 Å². The highest BCUT2D eigenvalue weighted by molar-refractivity contribution is 7.91. The van der Waals surface area contributed by atoms with Gasteiger partial charge >= 0.3 is 11.9 Å². The summed E-state index contributed by atoms with van der Waals surface area (Å²) < 4.78 is 26.7. The summed E-state index contributed by atoms with van der Waals surface area (Å²) in [5.41, 5.74) is -0.781. The third-order valence-corrected chi connectivity index (χ3v) is 2.60. The van der Waals surface area contributed by atoms with Crippen LogP contribution in [0.5, 0.6) is 0 Å². The monoisotopic (exact) mass is 309 g/mol. The third-order valence-electron chi connectivity index (χ3n) is 1.82. The Kier molecular flexibility index (Phi) is 6.14. The third kappa shape index (κ3) is 9.31. The van der Waals surface area contributed by atoms with Gasteiger partial charge in [-0.2, -0.15) is 0 Å². The molecule has 0 bridgehead atoms. The maximum absolute atomic E-state index is 11.5. The summed E-state index contributed by atoms with van der Waals surface area (Å²) in [5, 5.41) is 10.9. The van der Waals surface area contributed by atoms with Gasteiger partial charge in [-0.1, -0.05) is 0 Å². The quantitative estimate of drug-likeness (QED) is 0.623.